The van der Waals surface area contributed by atoms with Crippen LogP contribution in [-0.4, -0.2) is 46.5 Å². The van der Waals surface area contributed by atoms with Gasteiger partial charge in [-0.1, -0.05) is 13.3 Å². The highest BCUT2D eigenvalue weighted by Crippen LogP contribution is 2.40. The Kier molecular flexibility index (Phi) is 5.07. The van der Waals surface area contributed by atoms with E-state index in [9.17, 15) is 4.79 Å². The molecule has 1 spiro atoms. The molecule has 24 heavy (non-hydrogen) atoms. The van der Waals surface area contributed by atoms with E-state index >= 15 is 0 Å². The van der Waals surface area contributed by atoms with Crippen LogP contribution in [0.15, 0.2) is 12.5 Å². The van der Waals surface area contributed by atoms with Crippen molar-refractivity contribution in [3.63, 3.8) is 0 Å². The molecule has 0 bridgehead atoms. The van der Waals surface area contributed by atoms with Gasteiger partial charge in [0, 0.05) is 49.3 Å². The molecule has 1 aromatic heterocycles. The number of rotatable bonds is 4. The summed E-state index contributed by atoms with van der Waals surface area (Å²) < 4.78 is 0. The van der Waals surface area contributed by atoms with Crippen LogP contribution in [0.1, 0.15) is 58.4 Å². The zero-order chi connectivity index (χ0) is 17.2. The molecule has 0 radical (unpaired) electrons. The first kappa shape index (κ1) is 17.2. The SMILES string of the molecule is CCCc1cncnc1N1CCCC2(CCC(=O)N(C(C)C)C2)C1. The van der Waals surface area contributed by atoms with Crippen LogP contribution >= 0.6 is 0 Å². The van der Waals surface area contributed by atoms with Crippen LogP contribution in [0.3, 0.4) is 0 Å². The van der Waals surface area contributed by atoms with E-state index in [2.05, 4.69) is 40.5 Å². The van der Waals surface area contributed by atoms with Gasteiger partial charge in [-0.05, 0) is 39.5 Å². The quantitative estimate of drug-likeness (QED) is 0.851. The average Bonchev–Trinajstić information content (AvgIpc) is 2.58. The number of carbonyl (C=O) groups excluding carboxylic acids is 1. The van der Waals surface area contributed by atoms with Crippen LogP contribution in [0.5, 0.6) is 0 Å². The van der Waals surface area contributed by atoms with Crippen molar-refractivity contribution in [1.29, 1.82) is 0 Å². The van der Waals surface area contributed by atoms with E-state index in [0.717, 1.165) is 44.7 Å². The van der Waals surface area contributed by atoms with Gasteiger partial charge >= 0.3 is 0 Å². The topological polar surface area (TPSA) is 49.3 Å². The fourth-order valence-corrected chi connectivity index (χ4v) is 4.32. The van der Waals surface area contributed by atoms with E-state index in [-0.39, 0.29) is 5.41 Å². The number of aryl methyl sites for hydroxylation is 1. The number of likely N-dealkylation sites (tertiary alicyclic amines) is 1. The number of anilines is 1. The van der Waals surface area contributed by atoms with E-state index < -0.39 is 0 Å². The summed E-state index contributed by atoms with van der Waals surface area (Å²) in [6.07, 6.45) is 9.87. The predicted molar refractivity (Wildman–Crippen MR) is 96.0 cm³/mol. The number of hydrogen-bond donors (Lipinski definition) is 0. The number of hydrogen-bond acceptors (Lipinski definition) is 4. The average molecular weight is 330 g/mol. The van der Waals surface area contributed by atoms with E-state index in [1.54, 1.807) is 6.33 Å². The van der Waals surface area contributed by atoms with Crippen molar-refractivity contribution in [3.05, 3.63) is 18.1 Å². The van der Waals surface area contributed by atoms with E-state index in [1.807, 2.05) is 6.20 Å². The van der Waals surface area contributed by atoms with E-state index in [0.29, 0.717) is 18.4 Å². The smallest absolute Gasteiger partial charge is 0.222 e. The first-order valence-corrected chi connectivity index (χ1v) is 9.38. The molecule has 0 saturated carbocycles. The highest BCUT2D eigenvalue weighted by Gasteiger charge is 2.42. The minimum absolute atomic E-state index is 0.227. The summed E-state index contributed by atoms with van der Waals surface area (Å²) >= 11 is 0. The maximum absolute atomic E-state index is 12.2. The standard InChI is InChI=1S/C19H30N4O/c1-4-6-16-11-20-14-21-18(16)22-10-5-8-19(12-22)9-7-17(24)23(13-19)15(2)3/h11,14-15H,4-10,12-13H2,1-3H3. The summed E-state index contributed by atoms with van der Waals surface area (Å²) in [7, 11) is 0. The highest BCUT2D eigenvalue weighted by molar-refractivity contribution is 5.77. The second-order valence-corrected chi connectivity index (χ2v) is 7.76. The summed E-state index contributed by atoms with van der Waals surface area (Å²) in [4.78, 5) is 25.6. The predicted octanol–water partition coefficient (Wildman–Crippen LogP) is 3.05. The highest BCUT2D eigenvalue weighted by atomic mass is 16.2. The Morgan fingerprint density at radius 1 is 1.29 bits per heavy atom. The molecule has 2 aliphatic rings. The second kappa shape index (κ2) is 7.08. The lowest BCUT2D eigenvalue weighted by atomic mass is 9.73. The molecule has 5 nitrogen and oxygen atoms in total. The molecule has 5 heteroatoms. The molecule has 3 heterocycles. The molecule has 2 saturated heterocycles. The number of nitrogens with zero attached hydrogens (tertiary/aromatic N) is 4. The zero-order valence-electron chi connectivity index (χ0n) is 15.3. The van der Waals surface area contributed by atoms with Crippen LogP contribution in [-0.2, 0) is 11.2 Å². The fraction of sp³-hybridized carbons (Fsp3) is 0.737. The third kappa shape index (κ3) is 3.40. The Balaban J connectivity index is 1.81. The van der Waals surface area contributed by atoms with Crippen molar-refractivity contribution in [1.82, 2.24) is 14.9 Å². The lowest BCUT2D eigenvalue weighted by Gasteiger charge is -2.49. The third-order valence-electron chi connectivity index (χ3n) is 5.56. The van der Waals surface area contributed by atoms with Gasteiger partial charge in [-0.15, -0.1) is 0 Å². The van der Waals surface area contributed by atoms with Crippen molar-refractivity contribution in [2.45, 2.75) is 65.3 Å². The lowest BCUT2D eigenvalue weighted by molar-refractivity contribution is -0.140. The minimum atomic E-state index is 0.227. The largest absolute Gasteiger partial charge is 0.356 e. The molecule has 132 valence electrons. The van der Waals surface area contributed by atoms with E-state index in [4.69, 9.17) is 0 Å². The Hall–Kier alpha value is -1.65. The van der Waals surface area contributed by atoms with Crippen LogP contribution < -0.4 is 4.90 Å². The van der Waals surface area contributed by atoms with Gasteiger partial charge in [0.2, 0.25) is 5.91 Å². The van der Waals surface area contributed by atoms with Crippen molar-refractivity contribution >= 4 is 11.7 Å². The number of piperidine rings is 2. The summed E-state index contributed by atoms with van der Waals surface area (Å²) in [5, 5.41) is 0. The van der Waals surface area contributed by atoms with Crippen molar-refractivity contribution in [2.75, 3.05) is 24.5 Å². The van der Waals surface area contributed by atoms with Gasteiger partial charge in [-0.2, -0.15) is 0 Å². The van der Waals surface area contributed by atoms with Crippen LogP contribution in [0.2, 0.25) is 0 Å². The van der Waals surface area contributed by atoms with Gasteiger partial charge in [0.1, 0.15) is 12.1 Å². The molecular formula is C19H30N4O. The van der Waals surface area contributed by atoms with Gasteiger partial charge in [0.05, 0.1) is 0 Å². The Bertz CT molecular complexity index is 588. The number of aromatic nitrogens is 2. The van der Waals surface area contributed by atoms with Crippen molar-refractivity contribution in [2.24, 2.45) is 5.41 Å². The Labute approximate surface area is 145 Å². The van der Waals surface area contributed by atoms with Gasteiger partial charge < -0.3 is 9.80 Å². The molecule has 1 amide bonds. The first-order chi connectivity index (χ1) is 11.5. The molecule has 1 atom stereocenters. The summed E-state index contributed by atoms with van der Waals surface area (Å²) in [5.41, 5.74) is 1.48. The molecule has 3 rings (SSSR count). The van der Waals surface area contributed by atoms with Gasteiger partial charge in [-0.25, -0.2) is 9.97 Å². The Morgan fingerprint density at radius 3 is 2.88 bits per heavy atom. The maximum Gasteiger partial charge on any atom is 0.222 e. The van der Waals surface area contributed by atoms with Crippen molar-refractivity contribution in [3.8, 4) is 0 Å². The molecule has 2 aliphatic heterocycles. The second-order valence-electron chi connectivity index (χ2n) is 7.76. The molecule has 0 N–H and O–H groups in total. The van der Waals surface area contributed by atoms with Gasteiger partial charge in [0.15, 0.2) is 0 Å². The van der Waals surface area contributed by atoms with Crippen molar-refractivity contribution < 1.29 is 4.79 Å². The van der Waals surface area contributed by atoms with Crippen LogP contribution in [0.4, 0.5) is 5.82 Å². The lowest BCUT2D eigenvalue weighted by Crippen LogP contribution is -2.55. The van der Waals surface area contributed by atoms with Crippen LogP contribution in [0, 0.1) is 5.41 Å². The minimum Gasteiger partial charge on any atom is -0.356 e. The summed E-state index contributed by atoms with van der Waals surface area (Å²) in [6.45, 7) is 9.42. The first-order valence-electron chi connectivity index (χ1n) is 9.38. The maximum atomic E-state index is 12.2. The normalized spacial score (nSPS) is 24.9. The van der Waals surface area contributed by atoms with Crippen LogP contribution in [0.25, 0.3) is 0 Å². The Morgan fingerprint density at radius 2 is 2.12 bits per heavy atom. The number of carbonyl (C=O) groups is 1. The summed E-state index contributed by atoms with van der Waals surface area (Å²) in [6, 6.07) is 0.291. The number of amides is 1. The molecule has 2 fully saturated rings. The zero-order valence-corrected chi connectivity index (χ0v) is 15.3. The van der Waals surface area contributed by atoms with Gasteiger partial charge in [0.25, 0.3) is 0 Å². The monoisotopic (exact) mass is 330 g/mol. The molecule has 0 aromatic carbocycles. The van der Waals surface area contributed by atoms with Gasteiger partial charge in [-0.3, -0.25) is 4.79 Å². The molecular weight excluding hydrogens is 300 g/mol. The summed E-state index contributed by atoms with van der Waals surface area (Å²) in [5.74, 6) is 1.43. The molecule has 1 aromatic rings. The third-order valence-corrected chi connectivity index (χ3v) is 5.56. The molecule has 0 aliphatic carbocycles. The molecule has 1 unspecified atom stereocenters. The fourth-order valence-electron chi connectivity index (χ4n) is 4.32. The van der Waals surface area contributed by atoms with E-state index in [1.165, 1.54) is 18.4 Å².